The molecule has 0 spiro atoms. The van der Waals surface area contributed by atoms with Crippen LogP contribution in [0.15, 0.2) is 66.9 Å². The first kappa shape index (κ1) is 21.5. The summed E-state index contributed by atoms with van der Waals surface area (Å²) in [4.78, 5) is 22.1. The van der Waals surface area contributed by atoms with Gasteiger partial charge in [-0.2, -0.15) is 0 Å². The topological polar surface area (TPSA) is 64.1 Å². The van der Waals surface area contributed by atoms with E-state index in [0.717, 1.165) is 28.9 Å². The average Bonchev–Trinajstić information content (AvgIpc) is 2.79. The van der Waals surface area contributed by atoms with Crippen molar-refractivity contribution >= 4 is 11.8 Å². The number of carbonyl (C=O) groups is 1. The Morgan fingerprint density at radius 1 is 1.03 bits per heavy atom. The van der Waals surface area contributed by atoms with E-state index in [1.54, 1.807) is 6.20 Å². The molecule has 0 radical (unpaired) electrons. The molecule has 156 valence electrons. The molecule has 1 heterocycles. The lowest BCUT2D eigenvalue weighted by atomic mass is 9.99. The van der Waals surface area contributed by atoms with Gasteiger partial charge in [-0.1, -0.05) is 80.9 Å². The molecule has 5 heteroatoms. The zero-order chi connectivity index (χ0) is 21.3. The largest absolute Gasteiger partial charge is 0.464 e. The Bertz CT molecular complexity index is 945. The predicted molar refractivity (Wildman–Crippen MR) is 120 cm³/mol. The number of aromatic nitrogens is 2. The third-order valence-corrected chi connectivity index (χ3v) is 5.17. The molecule has 2 unspecified atom stereocenters. The predicted octanol–water partition coefficient (Wildman–Crippen LogP) is 5.12. The lowest BCUT2D eigenvalue weighted by Gasteiger charge is -2.24. The second-order valence-electron chi connectivity index (χ2n) is 7.34. The monoisotopic (exact) mass is 403 g/mol. The number of anilines is 1. The zero-order valence-electron chi connectivity index (χ0n) is 17.8. The fourth-order valence-electron chi connectivity index (χ4n) is 3.26. The van der Waals surface area contributed by atoms with Gasteiger partial charge in [0.25, 0.3) is 0 Å². The van der Waals surface area contributed by atoms with Crippen molar-refractivity contribution in [2.45, 2.75) is 39.7 Å². The highest BCUT2D eigenvalue weighted by atomic mass is 16.5. The summed E-state index contributed by atoms with van der Waals surface area (Å²) in [5, 5.41) is 3.33. The van der Waals surface area contributed by atoms with Crippen LogP contribution in [0.3, 0.4) is 0 Å². The molecule has 0 saturated carbocycles. The van der Waals surface area contributed by atoms with E-state index in [0.29, 0.717) is 18.8 Å². The van der Waals surface area contributed by atoms with Crippen molar-refractivity contribution in [3.63, 3.8) is 0 Å². The first-order chi connectivity index (χ1) is 14.6. The number of hydrogen-bond acceptors (Lipinski definition) is 5. The van der Waals surface area contributed by atoms with Gasteiger partial charge in [-0.05, 0) is 18.4 Å². The standard InChI is InChI=1S/C25H29N3O2/c1-4-18(3)23(25(29)30-5-2)28-24-21(16-19-12-8-6-9-13-19)27-22(17-26-24)20-14-10-7-11-15-20/h6-15,17-18,23H,4-5,16H2,1-3H3,(H,26,28). The summed E-state index contributed by atoms with van der Waals surface area (Å²) < 4.78 is 5.30. The van der Waals surface area contributed by atoms with Crippen LogP contribution in [0.25, 0.3) is 11.3 Å². The number of nitrogens with one attached hydrogen (secondary N) is 1. The lowest BCUT2D eigenvalue weighted by molar-refractivity contribution is -0.145. The molecule has 30 heavy (non-hydrogen) atoms. The summed E-state index contributed by atoms with van der Waals surface area (Å²) in [6.07, 6.45) is 3.22. The number of benzene rings is 2. The smallest absolute Gasteiger partial charge is 0.328 e. The average molecular weight is 404 g/mol. The molecule has 2 atom stereocenters. The molecule has 0 aliphatic carbocycles. The van der Waals surface area contributed by atoms with Gasteiger partial charge in [-0.25, -0.2) is 14.8 Å². The Morgan fingerprint density at radius 3 is 2.33 bits per heavy atom. The molecule has 1 N–H and O–H groups in total. The third kappa shape index (κ3) is 5.44. The second kappa shape index (κ2) is 10.5. The van der Waals surface area contributed by atoms with E-state index in [9.17, 15) is 4.79 Å². The van der Waals surface area contributed by atoms with Crippen LogP contribution in [0, 0.1) is 5.92 Å². The van der Waals surface area contributed by atoms with E-state index in [1.807, 2.05) is 62.4 Å². The first-order valence-electron chi connectivity index (χ1n) is 10.5. The van der Waals surface area contributed by atoms with Gasteiger partial charge < -0.3 is 10.1 Å². The summed E-state index contributed by atoms with van der Waals surface area (Å²) in [5.74, 6) is 0.465. The van der Waals surface area contributed by atoms with Crippen LogP contribution in [-0.2, 0) is 16.0 Å². The molecular formula is C25H29N3O2. The van der Waals surface area contributed by atoms with Gasteiger partial charge in [0.1, 0.15) is 11.9 Å². The van der Waals surface area contributed by atoms with E-state index in [1.165, 1.54) is 0 Å². The number of hydrogen-bond donors (Lipinski definition) is 1. The highest BCUT2D eigenvalue weighted by molar-refractivity contribution is 5.79. The maximum atomic E-state index is 12.6. The minimum atomic E-state index is -0.471. The first-order valence-corrected chi connectivity index (χ1v) is 10.5. The lowest BCUT2D eigenvalue weighted by Crippen LogP contribution is -2.37. The van der Waals surface area contributed by atoms with Gasteiger partial charge in [0.2, 0.25) is 0 Å². The van der Waals surface area contributed by atoms with Gasteiger partial charge in [0, 0.05) is 12.0 Å². The van der Waals surface area contributed by atoms with Crippen molar-refractivity contribution in [1.82, 2.24) is 9.97 Å². The van der Waals surface area contributed by atoms with Crippen LogP contribution < -0.4 is 5.32 Å². The number of ether oxygens (including phenoxy) is 1. The number of esters is 1. The normalized spacial score (nSPS) is 12.8. The quantitative estimate of drug-likeness (QED) is 0.502. The van der Waals surface area contributed by atoms with Gasteiger partial charge in [0.15, 0.2) is 0 Å². The maximum Gasteiger partial charge on any atom is 0.328 e. The van der Waals surface area contributed by atoms with Gasteiger partial charge >= 0.3 is 5.97 Å². The van der Waals surface area contributed by atoms with Crippen molar-refractivity contribution < 1.29 is 9.53 Å². The molecule has 2 aromatic carbocycles. The van der Waals surface area contributed by atoms with E-state index < -0.39 is 6.04 Å². The maximum absolute atomic E-state index is 12.6. The summed E-state index contributed by atoms with van der Waals surface area (Å²) in [6, 6.07) is 19.7. The minimum absolute atomic E-state index is 0.101. The van der Waals surface area contributed by atoms with Crippen molar-refractivity contribution in [3.8, 4) is 11.3 Å². The van der Waals surface area contributed by atoms with Crippen molar-refractivity contribution in [1.29, 1.82) is 0 Å². The molecule has 0 fully saturated rings. The number of carbonyl (C=O) groups excluding carboxylic acids is 1. The molecule has 0 aliphatic heterocycles. The van der Waals surface area contributed by atoms with Crippen molar-refractivity contribution in [2.24, 2.45) is 5.92 Å². The molecule has 0 saturated heterocycles. The Labute approximate surface area is 178 Å². The van der Waals surface area contributed by atoms with Crippen LogP contribution in [0.2, 0.25) is 0 Å². The Morgan fingerprint density at radius 2 is 1.70 bits per heavy atom. The zero-order valence-corrected chi connectivity index (χ0v) is 17.8. The Balaban J connectivity index is 1.98. The van der Waals surface area contributed by atoms with Crippen LogP contribution >= 0.6 is 0 Å². The van der Waals surface area contributed by atoms with E-state index in [-0.39, 0.29) is 11.9 Å². The van der Waals surface area contributed by atoms with Crippen LogP contribution in [0.1, 0.15) is 38.4 Å². The Kier molecular flexibility index (Phi) is 7.55. The number of rotatable bonds is 9. The van der Waals surface area contributed by atoms with Crippen molar-refractivity contribution in [3.05, 3.63) is 78.1 Å². The molecule has 0 bridgehead atoms. The molecule has 5 nitrogen and oxygen atoms in total. The highest BCUT2D eigenvalue weighted by Gasteiger charge is 2.27. The van der Waals surface area contributed by atoms with Crippen LogP contribution in [-0.4, -0.2) is 28.6 Å². The summed E-state index contributed by atoms with van der Waals surface area (Å²) in [6.45, 7) is 6.27. The van der Waals surface area contributed by atoms with E-state index in [2.05, 4.69) is 29.4 Å². The Hall–Kier alpha value is -3.21. The van der Waals surface area contributed by atoms with E-state index >= 15 is 0 Å². The fourth-order valence-corrected chi connectivity index (χ4v) is 3.26. The van der Waals surface area contributed by atoms with Crippen LogP contribution in [0.5, 0.6) is 0 Å². The summed E-state index contributed by atoms with van der Waals surface area (Å²) in [7, 11) is 0. The third-order valence-electron chi connectivity index (χ3n) is 5.17. The molecule has 0 aliphatic rings. The summed E-state index contributed by atoms with van der Waals surface area (Å²) >= 11 is 0. The van der Waals surface area contributed by atoms with Gasteiger partial charge in [0.05, 0.1) is 24.2 Å². The molecular weight excluding hydrogens is 374 g/mol. The van der Waals surface area contributed by atoms with Crippen molar-refractivity contribution in [2.75, 3.05) is 11.9 Å². The van der Waals surface area contributed by atoms with Crippen LogP contribution in [0.4, 0.5) is 5.82 Å². The molecule has 0 amide bonds. The SMILES string of the molecule is CCOC(=O)C(Nc1ncc(-c2ccccc2)nc1Cc1ccccc1)C(C)CC. The summed E-state index contributed by atoms with van der Waals surface area (Å²) in [5.41, 5.74) is 3.76. The molecule has 3 aromatic rings. The highest BCUT2D eigenvalue weighted by Crippen LogP contribution is 2.24. The van der Waals surface area contributed by atoms with Gasteiger partial charge in [-0.15, -0.1) is 0 Å². The van der Waals surface area contributed by atoms with Gasteiger partial charge in [-0.3, -0.25) is 0 Å². The van der Waals surface area contributed by atoms with E-state index in [4.69, 9.17) is 9.72 Å². The second-order valence-corrected chi connectivity index (χ2v) is 7.34. The fraction of sp³-hybridized carbons (Fsp3) is 0.320. The molecule has 1 aromatic heterocycles. The number of nitrogens with zero attached hydrogens (tertiary/aromatic N) is 2. The minimum Gasteiger partial charge on any atom is -0.464 e. The molecule has 3 rings (SSSR count).